The van der Waals surface area contributed by atoms with Crippen LogP contribution in [-0.4, -0.2) is 34.4 Å². The first-order valence-corrected chi connectivity index (χ1v) is 6.03. The molecule has 96 valence electrons. The molecule has 0 spiro atoms. The third-order valence-corrected chi connectivity index (χ3v) is 3.23. The maximum atomic E-state index is 12.2. The topological polar surface area (TPSA) is 78.9 Å². The summed E-state index contributed by atoms with van der Waals surface area (Å²) in [6, 6.07) is 9.33. The highest BCUT2D eigenvalue weighted by atomic mass is 16.4. The molecule has 0 bridgehead atoms. The summed E-state index contributed by atoms with van der Waals surface area (Å²) in [6.07, 6.45) is 2.01. The number of amides is 1. The minimum atomic E-state index is -0.258. The van der Waals surface area contributed by atoms with Gasteiger partial charge in [0.1, 0.15) is 0 Å². The Bertz CT molecular complexity index is 445. The van der Waals surface area contributed by atoms with Crippen molar-refractivity contribution in [3.63, 3.8) is 0 Å². The Morgan fingerprint density at radius 2 is 2.17 bits per heavy atom. The largest absolute Gasteiger partial charge is 0.409 e. The first kappa shape index (κ1) is 12.4. The lowest BCUT2D eigenvalue weighted by Crippen LogP contribution is -2.44. The zero-order chi connectivity index (χ0) is 13.0. The number of carbonyl (C=O) groups excluding carboxylic acids is 1. The van der Waals surface area contributed by atoms with Crippen LogP contribution >= 0.6 is 0 Å². The van der Waals surface area contributed by atoms with Crippen molar-refractivity contribution in [3.05, 3.63) is 35.9 Å². The zero-order valence-electron chi connectivity index (χ0n) is 10.1. The standard InChI is InChI=1S/C13H17N3O2/c14-13(15-18)11-7-4-8-16(11)12(17)9-10-5-2-1-3-6-10/h1-3,5-6,11,18H,4,7-9H2,(H2,14,15). The van der Waals surface area contributed by atoms with E-state index in [1.165, 1.54) is 0 Å². The third-order valence-electron chi connectivity index (χ3n) is 3.23. The summed E-state index contributed by atoms with van der Waals surface area (Å²) >= 11 is 0. The van der Waals surface area contributed by atoms with Crippen LogP contribution in [-0.2, 0) is 11.2 Å². The van der Waals surface area contributed by atoms with Crippen LogP contribution < -0.4 is 5.73 Å². The number of nitrogens with zero attached hydrogens (tertiary/aromatic N) is 2. The molecule has 1 saturated heterocycles. The first-order valence-electron chi connectivity index (χ1n) is 6.03. The average molecular weight is 247 g/mol. The van der Waals surface area contributed by atoms with Crippen LogP contribution in [0.4, 0.5) is 0 Å². The average Bonchev–Trinajstić information content (AvgIpc) is 2.88. The Kier molecular flexibility index (Phi) is 3.82. The minimum Gasteiger partial charge on any atom is -0.409 e. The van der Waals surface area contributed by atoms with Crippen molar-refractivity contribution < 1.29 is 10.0 Å². The molecule has 1 fully saturated rings. The Hall–Kier alpha value is -2.04. The molecule has 1 amide bonds. The molecular weight excluding hydrogens is 230 g/mol. The number of hydrogen-bond acceptors (Lipinski definition) is 3. The number of oxime groups is 1. The number of amidine groups is 1. The van der Waals surface area contributed by atoms with E-state index in [1.807, 2.05) is 30.3 Å². The van der Waals surface area contributed by atoms with Crippen molar-refractivity contribution in [3.8, 4) is 0 Å². The van der Waals surface area contributed by atoms with Gasteiger partial charge in [0.25, 0.3) is 0 Å². The molecule has 0 radical (unpaired) electrons. The van der Waals surface area contributed by atoms with Gasteiger partial charge in [0.05, 0.1) is 12.5 Å². The summed E-state index contributed by atoms with van der Waals surface area (Å²) in [5.74, 6) is 0.143. The van der Waals surface area contributed by atoms with Gasteiger partial charge in [-0.3, -0.25) is 4.79 Å². The fourth-order valence-electron chi connectivity index (χ4n) is 2.31. The van der Waals surface area contributed by atoms with Gasteiger partial charge < -0.3 is 15.8 Å². The van der Waals surface area contributed by atoms with Gasteiger partial charge in [-0.1, -0.05) is 35.5 Å². The van der Waals surface area contributed by atoms with Crippen LogP contribution in [0.5, 0.6) is 0 Å². The van der Waals surface area contributed by atoms with Crippen molar-refractivity contribution in [1.82, 2.24) is 4.90 Å². The van der Waals surface area contributed by atoms with E-state index in [0.29, 0.717) is 13.0 Å². The van der Waals surface area contributed by atoms with Gasteiger partial charge in [-0.25, -0.2) is 0 Å². The van der Waals surface area contributed by atoms with Crippen LogP contribution in [0.25, 0.3) is 0 Å². The second-order valence-electron chi connectivity index (χ2n) is 4.43. The SMILES string of the molecule is NC(=NO)C1CCCN1C(=O)Cc1ccccc1. The van der Waals surface area contributed by atoms with Crippen LogP contribution in [0.3, 0.4) is 0 Å². The monoisotopic (exact) mass is 247 g/mol. The predicted octanol–water partition coefficient (Wildman–Crippen LogP) is 0.966. The third kappa shape index (κ3) is 2.61. The van der Waals surface area contributed by atoms with Gasteiger partial charge in [0.15, 0.2) is 5.84 Å². The second kappa shape index (κ2) is 5.53. The Morgan fingerprint density at radius 1 is 1.44 bits per heavy atom. The lowest BCUT2D eigenvalue weighted by Gasteiger charge is -2.23. The number of hydrogen-bond donors (Lipinski definition) is 2. The lowest BCUT2D eigenvalue weighted by molar-refractivity contribution is -0.130. The molecule has 2 rings (SSSR count). The van der Waals surface area contributed by atoms with Crippen molar-refractivity contribution in [1.29, 1.82) is 0 Å². The highest BCUT2D eigenvalue weighted by Gasteiger charge is 2.31. The number of carbonyl (C=O) groups is 1. The minimum absolute atomic E-state index is 0.0234. The smallest absolute Gasteiger partial charge is 0.227 e. The first-order chi connectivity index (χ1) is 8.72. The molecule has 18 heavy (non-hydrogen) atoms. The Balaban J connectivity index is 2.05. The molecule has 0 saturated carbocycles. The molecule has 1 atom stereocenters. The number of rotatable bonds is 3. The van der Waals surface area contributed by atoms with E-state index in [4.69, 9.17) is 10.9 Å². The van der Waals surface area contributed by atoms with E-state index in [-0.39, 0.29) is 17.8 Å². The van der Waals surface area contributed by atoms with Crippen molar-refractivity contribution >= 4 is 11.7 Å². The zero-order valence-corrected chi connectivity index (χ0v) is 10.1. The fourth-order valence-corrected chi connectivity index (χ4v) is 2.31. The molecule has 1 aromatic rings. The van der Waals surface area contributed by atoms with E-state index in [2.05, 4.69) is 5.16 Å². The maximum absolute atomic E-state index is 12.2. The molecule has 5 nitrogen and oxygen atoms in total. The van der Waals surface area contributed by atoms with Crippen LogP contribution in [0.15, 0.2) is 35.5 Å². The van der Waals surface area contributed by atoms with Gasteiger partial charge in [-0.2, -0.15) is 0 Å². The van der Waals surface area contributed by atoms with Crippen LogP contribution in [0.1, 0.15) is 18.4 Å². The molecule has 1 aliphatic rings. The molecule has 1 aliphatic heterocycles. The van der Waals surface area contributed by atoms with Gasteiger partial charge in [-0.05, 0) is 18.4 Å². The second-order valence-corrected chi connectivity index (χ2v) is 4.43. The molecule has 3 N–H and O–H groups in total. The predicted molar refractivity (Wildman–Crippen MR) is 68.3 cm³/mol. The summed E-state index contributed by atoms with van der Waals surface area (Å²) in [6.45, 7) is 0.673. The van der Waals surface area contributed by atoms with Crippen molar-refractivity contribution in [2.45, 2.75) is 25.3 Å². The molecule has 1 heterocycles. The van der Waals surface area contributed by atoms with Gasteiger partial charge in [-0.15, -0.1) is 0 Å². The summed E-state index contributed by atoms with van der Waals surface area (Å²) in [4.78, 5) is 13.9. The molecule has 0 aromatic heterocycles. The van der Waals surface area contributed by atoms with Crippen LogP contribution in [0.2, 0.25) is 0 Å². The lowest BCUT2D eigenvalue weighted by atomic mass is 10.1. The maximum Gasteiger partial charge on any atom is 0.227 e. The van der Waals surface area contributed by atoms with Crippen molar-refractivity contribution in [2.24, 2.45) is 10.9 Å². The Labute approximate surface area is 106 Å². The Morgan fingerprint density at radius 3 is 2.83 bits per heavy atom. The molecule has 1 unspecified atom stereocenters. The normalized spacial score (nSPS) is 20.1. The van der Waals surface area contributed by atoms with Gasteiger partial charge in [0.2, 0.25) is 5.91 Å². The number of likely N-dealkylation sites (tertiary alicyclic amines) is 1. The van der Waals surface area contributed by atoms with Gasteiger partial charge in [0, 0.05) is 6.54 Å². The molecule has 0 aliphatic carbocycles. The number of nitrogens with two attached hydrogens (primary N) is 1. The quantitative estimate of drug-likeness (QED) is 0.361. The van der Waals surface area contributed by atoms with E-state index < -0.39 is 0 Å². The highest BCUT2D eigenvalue weighted by molar-refractivity contribution is 5.91. The molecule has 5 heteroatoms. The molecule has 1 aromatic carbocycles. The van der Waals surface area contributed by atoms with E-state index in [1.54, 1.807) is 4.90 Å². The van der Waals surface area contributed by atoms with Gasteiger partial charge >= 0.3 is 0 Å². The van der Waals surface area contributed by atoms with E-state index in [9.17, 15) is 4.79 Å². The summed E-state index contributed by atoms with van der Waals surface area (Å²) in [5, 5.41) is 11.7. The van der Waals surface area contributed by atoms with Crippen molar-refractivity contribution in [2.75, 3.05) is 6.54 Å². The highest BCUT2D eigenvalue weighted by Crippen LogP contribution is 2.18. The summed E-state index contributed by atoms with van der Waals surface area (Å²) in [5.41, 5.74) is 6.59. The summed E-state index contributed by atoms with van der Waals surface area (Å²) < 4.78 is 0. The summed E-state index contributed by atoms with van der Waals surface area (Å²) in [7, 11) is 0. The van der Waals surface area contributed by atoms with E-state index >= 15 is 0 Å². The molecular formula is C13H17N3O2. The van der Waals surface area contributed by atoms with E-state index in [0.717, 1.165) is 18.4 Å². The number of benzene rings is 1. The van der Waals surface area contributed by atoms with Crippen LogP contribution in [0, 0.1) is 0 Å². The fraction of sp³-hybridized carbons (Fsp3) is 0.385.